The van der Waals surface area contributed by atoms with Gasteiger partial charge in [0.2, 0.25) is 0 Å². The molecule has 2 rings (SSSR count). The molecule has 0 aliphatic heterocycles. The zero-order valence-corrected chi connectivity index (χ0v) is 8.87. The molecule has 0 bridgehead atoms. The summed E-state index contributed by atoms with van der Waals surface area (Å²) in [6.45, 7) is 0.445. The molecule has 1 saturated carbocycles. The smallest absolute Gasteiger partial charge is 0.267 e. The topological polar surface area (TPSA) is 65.1 Å². The van der Waals surface area contributed by atoms with Gasteiger partial charge in [0.1, 0.15) is 11.5 Å². The first-order chi connectivity index (χ1) is 7.66. The van der Waals surface area contributed by atoms with E-state index in [1.165, 1.54) is 0 Å². The molecule has 0 radical (unpaired) electrons. The highest BCUT2D eigenvalue weighted by molar-refractivity contribution is 5.92. The van der Waals surface area contributed by atoms with Crippen molar-refractivity contribution in [3.63, 3.8) is 0 Å². The van der Waals surface area contributed by atoms with E-state index < -0.39 is 5.82 Å². The van der Waals surface area contributed by atoms with E-state index in [0.29, 0.717) is 6.54 Å². The lowest BCUT2D eigenvalue weighted by Crippen LogP contribution is -2.32. The van der Waals surface area contributed by atoms with Crippen LogP contribution in [0, 0.1) is 11.7 Å². The molecule has 1 aliphatic carbocycles. The van der Waals surface area contributed by atoms with Crippen molar-refractivity contribution >= 4 is 5.91 Å². The van der Waals surface area contributed by atoms with Gasteiger partial charge in [-0.3, -0.25) is 4.79 Å². The Kier molecular flexibility index (Phi) is 3.24. The van der Waals surface area contributed by atoms with Crippen molar-refractivity contribution in [2.24, 2.45) is 5.92 Å². The standard InChI is InChI=1S/C11H15FN2O2/c12-8-4-9(13-6-8)11(16)14-5-7-2-1-3-10(7)15/h4,6-7,10,13,15H,1-3,5H2,(H,14,16)/t7-,10+/m1/s1. The minimum Gasteiger partial charge on any atom is -0.393 e. The Hall–Kier alpha value is -1.36. The molecule has 1 fully saturated rings. The van der Waals surface area contributed by atoms with Gasteiger partial charge in [0.25, 0.3) is 5.91 Å². The second-order valence-electron chi connectivity index (χ2n) is 4.20. The molecule has 0 unspecified atom stereocenters. The Labute approximate surface area is 92.9 Å². The van der Waals surface area contributed by atoms with E-state index in [4.69, 9.17) is 0 Å². The van der Waals surface area contributed by atoms with Crippen LogP contribution in [0.4, 0.5) is 4.39 Å². The number of carbonyl (C=O) groups excluding carboxylic acids is 1. The largest absolute Gasteiger partial charge is 0.393 e. The Morgan fingerprint density at radius 3 is 3.00 bits per heavy atom. The lowest BCUT2D eigenvalue weighted by atomic mass is 10.1. The van der Waals surface area contributed by atoms with Crippen molar-refractivity contribution in [1.82, 2.24) is 10.3 Å². The predicted molar refractivity (Wildman–Crippen MR) is 56.4 cm³/mol. The Morgan fingerprint density at radius 2 is 2.44 bits per heavy atom. The minimum absolute atomic E-state index is 0.128. The quantitative estimate of drug-likeness (QED) is 0.721. The first-order valence-electron chi connectivity index (χ1n) is 5.47. The number of aliphatic hydroxyl groups excluding tert-OH is 1. The van der Waals surface area contributed by atoms with E-state index >= 15 is 0 Å². The summed E-state index contributed by atoms with van der Waals surface area (Å²) in [4.78, 5) is 14.1. The summed E-state index contributed by atoms with van der Waals surface area (Å²) in [5.74, 6) is -0.655. The van der Waals surface area contributed by atoms with E-state index in [1.54, 1.807) is 0 Å². The lowest BCUT2D eigenvalue weighted by molar-refractivity contribution is 0.0912. The zero-order chi connectivity index (χ0) is 11.5. The van der Waals surface area contributed by atoms with E-state index in [-0.39, 0.29) is 23.6 Å². The summed E-state index contributed by atoms with van der Waals surface area (Å²) in [7, 11) is 0. The molecular formula is C11H15FN2O2. The van der Waals surface area contributed by atoms with E-state index in [9.17, 15) is 14.3 Å². The lowest BCUT2D eigenvalue weighted by Gasteiger charge is -2.14. The molecule has 0 saturated heterocycles. The van der Waals surface area contributed by atoms with Gasteiger partial charge in [-0.25, -0.2) is 4.39 Å². The second-order valence-corrected chi connectivity index (χ2v) is 4.20. The highest BCUT2D eigenvalue weighted by Gasteiger charge is 2.25. The molecular weight excluding hydrogens is 211 g/mol. The highest BCUT2D eigenvalue weighted by atomic mass is 19.1. The van der Waals surface area contributed by atoms with Crippen LogP contribution in [0.5, 0.6) is 0 Å². The second kappa shape index (κ2) is 4.65. The van der Waals surface area contributed by atoms with Gasteiger partial charge in [0.15, 0.2) is 0 Å². The third-order valence-corrected chi connectivity index (χ3v) is 3.04. The highest BCUT2D eigenvalue weighted by Crippen LogP contribution is 2.24. The molecule has 1 amide bonds. The molecule has 1 aromatic heterocycles. The molecule has 16 heavy (non-hydrogen) atoms. The van der Waals surface area contributed by atoms with Gasteiger partial charge < -0.3 is 15.4 Å². The van der Waals surface area contributed by atoms with Crippen LogP contribution < -0.4 is 5.32 Å². The maximum Gasteiger partial charge on any atom is 0.267 e. The third kappa shape index (κ3) is 2.41. The number of aromatic nitrogens is 1. The van der Waals surface area contributed by atoms with Gasteiger partial charge in [-0.1, -0.05) is 6.42 Å². The number of rotatable bonds is 3. The van der Waals surface area contributed by atoms with Crippen LogP contribution in [0.3, 0.4) is 0 Å². The number of aliphatic hydroxyl groups is 1. The van der Waals surface area contributed by atoms with Gasteiger partial charge in [0.05, 0.1) is 6.10 Å². The van der Waals surface area contributed by atoms with Crippen molar-refractivity contribution in [2.45, 2.75) is 25.4 Å². The number of halogens is 1. The number of aromatic amines is 1. The van der Waals surface area contributed by atoms with E-state index in [2.05, 4.69) is 10.3 Å². The average Bonchev–Trinajstić information content (AvgIpc) is 2.84. The van der Waals surface area contributed by atoms with Crippen LogP contribution in [0.25, 0.3) is 0 Å². The molecule has 0 aromatic carbocycles. The summed E-state index contributed by atoms with van der Waals surface area (Å²) in [6, 6.07) is 1.15. The fourth-order valence-electron chi connectivity index (χ4n) is 2.07. The number of hydrogen-bond acceptors (Lipinski definition) is 2. The first kappa shape index (κ1) is 11.1. The Morgan fingerprint density at radius 1 is 1.62 bits per heavy atom. The summed E-state index contributed by atoms with van der Waals surface area (Å²) < 4.78 is 12.6. The van der Waals surface area contributed by atoms with Crippen LogP contribution in [-0.4, -0.2) is 28.6 Å². The number of nitrogens with one attached hydrogen (secondary N) is 2. The van der Waals surface area contributed by atoms with Crippen LogP contribution in [0.1, 0.15) is 29.8 Å². The molecule has 0 spiro atoms. The fourth-order valence-corrected chi connectivity index (χ4v) is 2.07. The fraction of sp³-hybridized carbons (Fsp3) is 0.545. The van der Waals surface area contributed by atoms with Crippen molar-refractivity contribution in [1.29, 1.82) is 0 Å². The molecule has 4 nitrogen and oxygen atoms in total. The summed E-state index contributed by atoms with van der Waals surface area (Å²) in [5, 5.41) is 12.2. The molecule has 2 atom stereocenters. The van der Waals surface area contributed by atoms with Gasteiger partial charge in [-0.2, -0.15) is 0 Å². The molecule has 1 aromatic rings. The SMILES string of the molecule is O=C(NC[C@H]1CCC[C@@H]1O)c1cc(F)c[nH]1. The summed E-state index contributed by atoms with van der Waals surface area (Å²) in [6.07, 6.45) is 3.55. The maximum atomic E-state index is 12.6. The summed E-state index contributed by atoms with van der Waals surface area (Å²) in [5.41, 5.74) is 0.213. The van der Waals surface area contributed by atoms with Crippen LogP contribution in [-0.2, 0) is 0 Å². The van der Waals surface area contributed by atoms with Crippen LogP contribution in [0.2, 0.25) is 0 Å². The molecule has 1 heterocycles. The van der Waals surface area contributed by atoms with Gasteiger partial charge in [-0.05, 0) is 12.8 Å². The Bertz CT molecular complexity index is 378. The maximum absolute atomic E-state index is 12.6. The number of amides is 1. The van der Waals surface area contributed by atoms with Crippen molar-refractivity contribution < 1.29 is 14.3 Å². The number of H-pyrrole nitrogens is 1. The normalized spacial score (nSPS) is 24.6. The monoisotopic (exact) mass is 226 g/mol. The van der Waals surface area contributed by atoms with E-state index in [1.807, 2.05) is 0 Å². The average molecular weight is 226 g/mol. The van der Waals surface area contributed by atoms with Gasteiger partial charge >= 0.3 is 0 Å². The van der Waals surface area contributed by atoms with Crippen molar-refractivity contribution in [3.05, 3.63) is 23.8 Å². The van der Waals surface area contributed by atoms with Gasteiger partial charge in [-0.15, -0.1) is 0 Å². The zero-order valence-electron chi connectivity index (χ0n) is 8.87. The first-order valence-corrected chi connectivity index (χ1v) is 5.47. The van der Waals surface area contributed by atoms with Crippen molar-refractivity contribution in [2.75, 3.05) is 6.54 Å². The molecule has 88 valence electrons. The molecule has 5 heteroatoms. The third-order valence-electron chi connectivity index (χ3n) is 3.04. The van der Waals surface area contributed by atoms with Crippen molar-refractivity contribution in [3.8, 4) is 0 Å². The number of carbonyl (C=O) groups is 1. The summed E-state index contributed by atoms with van der Waals surface area (Å²) >= 11 is 0. The molecule has 1 aliphatic rings. The minimum atomic E-state index is -0.453. The van der Waals surface area contributed by atoms with E-state index in [0.717, 1.165) is 31.5 Å². The Balaban J connectivity index is 1.84. The molecule has 3 N–H and O–H groups in total. The van der Waals surface area contributed by atoms with Crippen LogP contribution >= 0.6 is 0 Å². The van der Waals surface area contributed by atoms with Gasteiger partial charge in [0, 0.05) is 24.7 Å². The van der Waals surface area contributed by atoms with Crippen LogP contribution in [0.15, 0.2) is 12.3 Å². The number of hydrogen-bond donors (Lipinski definition) is 3. The predicted octanol–water partition coefficient (Wildman–Crippen LogP) is 1.04.